The van der Waals surface area contributed by atoms with Gasteiger partial charge in [0.1, 0.15) is 5.82 Å². The molecule has 1 spiro atoms. The van der Waals surface area contributed by atoms with Crippen LogP contribution in [0, 0.1) is 11.2 Å². The van der Waals surface area contributed by atoms with E-state index < -0.39 is 0 Å². The van der Waals surface area contributed by atoms with Crippen molar-refractivity contribution in [3.05, 3.63) is 29.6 Å². The molecule has 0 aliphatic carbocycles. The topological polar surface area (TPSA) is 56.7 Å². The largest absolute Gasteiger partial charge is 0.357 e. The van der Waals surface area contributed by atoms with Crippen molar-refractivity contribution >= 4 is 47.6 Å². The summed E-state index contributed by atoms with van der Waals surface area (Å²) in [6.07, 6.45) is 4.71. The SMILES string of the molecule is CCNC(=NCc1cc(F)ccc1SC)N1CCCC2(CNC(=O)C2)C1.I. The van der Waals surface area contributed by atoms with Gasteiger partial charge < -0.3 is 15.5 Å². The van der Waals surface area contributed by atoms with Crippen LogP contribution >= 0.6 is 35.7 Å². The lowest BCUT2D eigenvalue weighted by atomic mass is 9.79. The fourth-order valence-corrected chi connectivity index (χ4v) is 4.48. The van der Waals surface area contributed by atoms with Crippen LogP contribution in [0.15, 0.2) is 28.1 Å². The summed E-state index contributed by atoms with van der Waals surface area (Å²) in [6, 6.07) is 4.86. The molecule has 2 fully saturated rings. The Morgan fingerprint density at radius 3 is 2.96 bits per heavy atom. The summed E-state index contributed by atoms with van der Waals surface area (Å²) >= 11 is 1.60. The first-order valence-corrected chi connectivity index (χ1v) is 10.4. The van der Waals surface area contributed by atoms with Gasteiger partial charge in [-0.3, -0.25) is 4.79 Å². The van der Waals surface area contributed by atoms with Crippen molar-refractivity contribution in [3.8, 4) is 0 Å². The molecule has 1 aromatic rings. The van der Waals surface area contributed by atoms with Crippen molar-refractivity contribution in [1.82, 2.24) is 15.5 Å². The van der Waals surface area contributed by atoms with Gasteiger partial charge in [0.2, 0.25) is 5.91 Å². The Hall–Kier alpha value is -1.03. The Morgan fingerprint density at radius 1 is 1.48 bits per heavy atom. The fraction of sp³-hybridized carbons (Fsp3) is 0.579. The number of aliphatic imine (C=N–C) groups is 1. The molecule has 2 aliphatic heterocycles. The lowest BCUT2D eigenvalue weighted by Gasteiger charge is -2.40. The summed E-state index contributed by atoms with van der Waals surface area (Å²) < 4.78 is 13.6. The van der Waals surface area contributed by atoms with Gasteiger partial charge in [-0.1, -0.05) is 0 Å². The van der Waals surface area contributed by atoms with Gasteiger partial charge in [0.05, 0.1) is 6.54 Å². The highest BCUT2D eigenvalue weighted by atomic mass is 127. The predicted molar refractivity (Wildman–Crippen MR) is 119 cm³/mol. The predicted octanol–water partition coefficient (Wildman–Crippen LogP) is 3.23. The number of carbonyl (C=O) groups excluding carboxylic acids is 1. The van der Waals surface area contributed by atoms with E-state index in [1.807, 2.05) is 19.2 Å². The van der Waals surface area contributed by atoms with Crippen molar-refractivity contribution in [2.24, 2.45) is 10.4 Å². The summed E-state index contributed by atoms with van der Waals surface area (Å²) in [5, 5.41) is 6.34. The highest BCUT2D eigenvalue weighted by Crippen LogP contribution is 2.36. The van der Waals surface area contributed by atoms with Gasteiger partial charge in [0, 0.05) is 42.9 Å². The number of rotatable bonds is 4. The summed E-state index contributed by atoms with van der Waals surface area (Å²) in [5.74, 6) is 0.769. The smallest absolute Gasteiger partial charge is 0.220 e. The summed E-state index contributed by atoms with van der Waals surface area (Å²) in [7, 11) is 0. The molecule has 5 nitrogen and oxygen atoms in total. The van der Waals surface area contributed by atoms with Gasteiger partial charge in [-0.05, 0) is 49.8 Å². The third-order valence-electron chi connectivity index (χ3n) is 5.13. The quantitative estimate of drug-likeness (QED) is 0.285. The molecule has 2 saturated heterocycles. The molecule has 1 atom stereocenters. The molecule has 0 aromatic heterocycles. The Balaban J connectivity index is 0.00000261. The third-order valence-corrected chi connectivity index (χ3v) is 5.97. The summed E-state index contributed by atoms with van der Waals surface area (Å²) in [6.45, 7) is 5.78. The van der Waals surface area contributed by atoms with Crippen LogP contribution in [0.25, 0.3) is 0 Å². The van der Waals surface area contributed by atoms with Gasteiger partial charge in [-0.25, -0.2) is 9.38 Å². The molecule has 27 heavy (non-hydrogen) atoms. The normalized spacial score (nSPS) is 22.6. The maximum Gasteiger partial charge on any atom is 0.220 e. The maximum atomic E-state index is 13.6. The Labute approximate surface area is 182 Å². The van der Waals surface area contributed by atoms with E-state index >= 15 is 0 Å². The van der Waals surface area contributed by atoms with Crippen molar-refractivity contribution < 1.29 is 9.18 Å². The minimum Gasteiger partial charge on any atom is -0.357 e. The maximum absolute atomic E-state index is 13.6. The van der Waals surface area contributed by atoms with Crippen LogP contribution in [0.2, 0.25) is 0 Å². The second kappa shape index (κ2) is 9.95. The molecule has 150 valence electrons. The number of nitrogens with zero attached hydrogens (tertiary/aromatic N) is 2. The zero-order valence-corrected chi connectivity index (χ0v) is 19.0. The van der Waals surface area contributed by atoms with E-state index in [9.17, 15) is 9.18 Å². The molecule has 2 aliphatic rings. The molecule has 0 bridgehead atoms. The lowest BCUT2D eigenvalue weighted by Crippen LogP contribution is -2.51. The van der Waals surface area contributed by atoms with Crippen molar-refractivity contribution in [1.29, 1.82) is 0 Å². The molecule has 8 heteroatoms. The second-order valence-corrected chi connectivity index (χ2v) is 7.95. The number of hydrogen-bond acceptors (Lipinski definition) is 3. The molecular weight excluding hydrogens is 478 g/mol. The zero-order valence-electron chi connectivity index (χ0n) is 15.9. The van der Waals surface area contributed by atoms with Crippen molar-refractivity contribution in [2.45, 2.75) is 37.6 Å². The number of carbonyl (C=O) groups is 1. The highest BCUT2D eigenvalue weighted by molar-refractivity contribution is 14.0. The first kappa shape index (κ1) is 22.3. The molecular formula is C19H28FIN4OS. The number of amides is 1. The van der Waals surface area contributed by atoms with Crippen LogP contribution in [0.3, 0.4) is 0 Å². The molecule has 1 unspecified atom stereocenters. The van der Waals surface area contributed by atoms with Crippen LogP contribution in [-0.2, 0) is 11.3 Å². The first-order chi connectivity index (χ1) is 12.5. The minimum absolute atomic E-state index is 0. The average Bonchev–Trinajstić information content (AvgIpc) is 2.98. The Morgan fingerprint density at radius 2 is 2.30 bits per heavy atom. The van der Waals surface area contributed by atoms with Crippen LogP contribution in [-0.4, -0.2) is 49.2 Å². The van der Waals surface area contributed by atoms with Gasteiger partial charge in [0.25, 0.3) is 0 Å². The lowest BCUT2D eigenvalue weighted by molar-refractivity contribution is -0.119. The fourth-order valence-electron chi connectivity index (χ4n) is 3.89. The molecule has 2 heterocycles. The number of halogens is 2. The number of guanidine groups is 1. The van der Waals surface area contributed by atoms with Crippen LogP contribution in [0.4, 0.5) is 4.39 Å². The number of thioether (sulfide) groups is 1. The molecule has 1 aromatic carbocycles. The van der Waals surface area contributed by atoms with Crippen molar-refractivity contribution in [3.63, 3.8) is 0 Å². The zero-order chi connectivity index (χ0) is 18.6. The summed E-state index contributed by atoms with van der Waals surface area (Å²) in [4.78, 5) is 19.8. The van der Waals surface area contributed by atoms with Gasteiger partial charge >= 0.3 is 0 Å². The number of hydrogen-bond donors (Lipinski definition) is 2. The highest BCUT2D eigenvalue weighted by Gasteiger charge is 2.42. The third kappa shape index (κ3) is 5.49. The van der Waals surface area contributed by atoms with Crippen LogP contribution in [0.5, 0.6) is 0 Å². The molecule has 3 rings (SSSR count). The second-order valence-electron chi connectivity index (χ2n) is 7.10. The van der Waals surface area contributed by atoms with E-state index in [0.717, 1.165) is 55.4 Å². The van der Waals surface area contributed by atoms with Gasteiger partial charge in [0.15, 0.2) is 5.96 Å². The van der Waals surface area contributed by atoms with Crippen molar-refractivity contribution in [2.75, 3.05) is 32.4 Å². The van der Waals surface area contributed by atoms with E-state index in [0.29, 0.717) is 13.0 Å². The molecule has 2 N–H and O–H groups in total. The Bertz CT molecular complexity index is 702. The van der Waals surface area contributed by atoms with E-state index in [1.165, 1.54) is 6.07 Å². The minimum atomic E-state index is -0.231. The van der Waals surface area contributed by atoms with Crippen LogP contribution in [0.1, 0.15) is 31.7 Å². The van der Waals surface area contributed by atoms with E-state index in [1.54, 1.807) is 17.8 Å². The Kier molecular flexibility index (Phi) is 8.20. The molecule has 0 saturated carbocycles. The van der Waals surface area contributed by atoms with E-state index in [2.05, 4.69) is 15.5 Å². The molecule has 1 amide bonds. The van der Waals surface area contributed by atoms with Gasteiger partial charge in [-0.2, -0.15) is 0 Å². The monoisotopic (exact) mass is 506 g/mol. The van der Waals surface area contributed by atoms with E-state index in [-0.39, 0.29) is 41.1 Å². The number of benzene rings is 1. The van der Waals surface area contributed by atoms with E-state index in [4.69, 9.17) is 4.99 Å². The molecule has 0 radical (unpaired) electrons. The average molecular weight is 506 g/mol. The number of piperidine rings is 1. The number of likely N-dealkylation sites (tertiary alicyclic amines) is 1. The number of nitrogens with one attached hydrogen (secondary N) is 2. The first-order valence-electron chi connectivity index (χ1n) is 9.17. The standard InChI is InChI=1S/C19H27FN4OS.HI/c1-3-21-18(22-11-14-9-15(20)5-6-16(14)26-2)24-8-4-7-19(13-24)10-17(25)23-12-19;/h5-6,9H,3-4,7-8,10-13H2,1-2H3,(H,21,22)(H,23,25);1H. The van der Waals surface area contributed by atoms with Crippen LogP contribution < -0.4 is 10.6 Å². The summed E-state index contributed by atoms with van der Waals surface area (Å²) in [5.41, 5.74) is 0.923. The van der Waals surface area contributed by atoms with Gasteiger partial charge in [-0.15, -0.1) is 35.7 Å².